The average molecular weight is 458 g/mol. The maximum Gasteiger partial charge on any atom is 0.341 e. The minimum atomic E-state index is -1.14. The number of hydrogen-bond donors (Lipinski definition) is 1. The highest BCUT2D eigenvalue weighted by Gasteiger charge is 2.21. The number of hydrogen-bond acceptors (Lipinski definition) is 6. The smallest absolute Gasteiger partial charge is 0.341 e. The molecule has 0 saturated heterocycles. The van der Waals surface area contributed by atoms with Crippen LogP contribution in [0.4, 0.5) is 19.6 Å². The van der Waals surface area contributed by atoms with Crippen molar-refractivity contribution in [3.8, 4) is 5.75 Å². The largest absolute Gasteiger partial charge is 0.482 e. The number of rotatable bonds is 8. The zero-order chi connectivity index (χ0) is 23.3. The molecular weight excluding hydrogens is 442 g/mol. The van der Waals surface area contributed by atoms with Crippen LogP contribution in [0, 0.1) is 11.6 Å². The number of allylic oxidation sites excluding steroid dienone is 1. The van der Waals surface area contributed by atoms with E-state index in [9.17, 15) is 23.2 Å². The molecule has 10 heteroatoms. The fraction of sp³-hybridized carbons (Fsp3) is 0.0909. The van der Waals surface area contributed by atoms with E-state index < -0.39 is 30.1 Å². The van der Waals surface area contributed by atoms with Gasteiger partial charge in [0.15, 0.2) is 17.5 Å². The van der Waals surface area contributed by atoms with E-state index in [2.05, 4.69) is 4.98 Å². The summed E-state index contributed by atoms with van der Waals surface area (Å²) in [4.78, 5) is 40.4. The minimum absolute atomic E-state index is 0.141. The predicted octanol–water partition coefficient (Wildman–Crippen LogP) is 4.47. The molecule has 0 spiro atoms. The highest BCUT2D eigenvalue weighted by molar-refractivity contribution is 7.14. The lowest BCUT2D eigenvalue weighted by molar-refractivity contribution is -0.139. The van der Waals surface area contributed by atoms with Gasteiger partial charge in [-0.1, -0.05) is 12.1 Å². The van der Waals surface area contributed by atoms with Gasteiger partial charge in [-0.15, -0.1) is 11.3 Å². The molecule has 3 rings (SSSR count). The molecule has 1 amide bonds. The summed E-state index contributed by atoms with van der Waals surface area (Å²) in [6.45, 7) is 0.693. The summed E-state index contributed by atoms with van der Waals surface area (Å²) in [6, 6.07) is 8.90. The summed E-state index contributed by atoms with van der Waals surface area (Å²) in [7, 11) is 0. The van der Waals surface area contributed by atoms with Gasteiger partial charge in [0.25, 0.3) is 0 Å². The Morgan fingerprint density at radius 3 is 2.66 bits per heavy atom. The van der Waals surface area contributed by atoms with Crippen LogP contribution < -0.4 is 9.64 Å². The number of thiazole rings is 1. The Bertz CT molecular complexity index is 1210. The maximum atomic E-state index is 14.2. The highest BCUT2D eigenvalue weighted by atomic mass is 32.1. The van der Waals surface area contributed by atoms with Crippen LogP contribution in [0.25, 0.3) is 6.08 Å². The van der Waals surface area contributed by atoms with Gasteiger partial charge >= 0.3 is 5.97 Å². The molecule has 0 fully saturated rings. The zero-order valence-corrected chi connectivity index (χ0v) is 17.4. The van der Waals surface area contributed by atoms with Crippen molar-refractivity contribution in [1.82, 2.24) is 4.98 Å². The lowest BCUT2D eigenvalue weighted by atomic mass is 10.1. The van der Waals surface area contributed by atoms with E-state index in [4.69, 9.17) is 9.84 Å². The third kappa shape index (κ3) is 5.61. The standard InChI is InChI=1S/C22H16F2N2O5S/c1-13(27)26(19-7-5-15(23)10-18(19)24)22-25-16(12-32-22)6-8-20(28)14-3-2-4-17(9-14)31-11-21(29)30/h2-10,12H,11H2,1H3,(H,29,30)/b8-6+. The van der Waals surface area contributed by atoms with Crippen LogP contribution in [-0.2, 0) is 9.59 Å². The van der Waals surface area contributed by atoms with Crippen molar-refractivity contribution < 1.29 is 33.0 Å². The third-order valence-corrected chi connectivity index (χ3v) is 4.90. The normalized spacial score (nSPS) is 10.8. The van der Waals surface area contributed by atoms with Crippen molar-refractivity contribution in [1.29, 1.82) is 0 Å². The molecule has 0 aliphatic carbocycles. The lowest BCUT2D eigenvalue weighted by Gasteiger charge is -2.18. The molecule has 164 valence electrons. The fourth-order valence-electron chi connectivity index (χ4n) is 2.67. The molecule has 0 aliphatic rings. The number of anilines is 2. The number of ketones is 1. The second-order valence-corrected chi connectivity index (χ2v) is 7.25. The topological polar surface area (TPSA) is 96.8 Å². The fourth-order valence-corrected chi connectivity index (χ4v) is 3.51. The highest BCUT2D eigenvalue weighted by Crippen LogP contribution is 2.31. The predicted molar refractivity (Wildman–Crippen MR) is 114 cm³/mol. The Morgan fingerprint density at radius 2 is 1.97 bits per heavy atom. The van der Waals surface area contributed by atoms with Crippen molar-refractivity contribution in [2.24, 2.45) is 0 Å². The van der Waals surface area contributed by atoms with Gasteiger partial charge in [0.2, 0.25) is 5.91 Å². The van der Waals surface area contributed by atoms with Crippen LogP contribution >= 0.6 is 11.3 Å². The van der Waals surface area contributed by atoms with E-state index in [-0.39, 0.29) is 27.9 Å². The number of carboxylic acids is 1. The number of nitrogens with zero attached hydrogens (tertiary/aromatic N) is 2. The van der Waals surface area contributed by atoms with Crippen LogP contribution in [-0.4, -0.2) is 34.4 Å². The van der Waals surface area contributed by atoms with Crippen LogP contribution in [0.2, 0.25) is 0 Å². The van der Waals surface area contributed by atoms with E-state index in [1.54, 1.807) is 17.5 Å². The Balaban J connectivity index is 1.78. The van der Waals surface area contributed by atoms with Crippen molar-refractivity contribution in [3.63, 3.8) is 0 Å². The van der Waals surface area contributed by atoms with Gasteiger partial charge in [-0.2, -0.15) is 0 Å². The van der Waals surface area contributed by atoms with Gasteiger partial charge in [-0.25, -0.2) is 18.6 Å². The monoisotopic (exact) mass is 458 g/mol. The summed E-state index contributed by atoms with van der Waals surface area (Å²) in [5.74, 6) is -3.48. The summed E-state index contributed by atoms with van der Waals surface area (Å²) >= 11 is 1.05. The Hall–Kier alpha value is -3.92. The molecule has 2 aromatic carbocycles. The Labute approximate surface area is 185 Å². The van der Waals surface area contributed by atoms with Crippen LogP contribution in [0.15, 0.2) is 53.9 Å². The molecule has 1 N–H and O–H groups in total. The quantitative estimate of drug-likeness (QED) is 0.395. The van der Waals surface area contributed by atoms with Gasteiger partial charge in [0.05, 0.1) is 11.4 Å². The van der Waals surface area contributed by atoms with E-state index in [0.29, 0.717) is 11.8 Å². The first kappa shape index (κ1) is 22.8. The number of aromatic nitrogens is 1. The van der Waals surface area contributed by atoms with Gasteiger partial charge in [-0.05, 0) is 36.4 Å². The molecule has 1 aromatic heterocycles. The first-order valence-corrected chi connectivity index (χ1v) is 10.0. The molecule has 32 heavy (non-hydrogen) atoms. The van der Waals surface area contributed by atoms with E-state index >= 15 is 0 Å². The average Bonchev–Trinajstić information content (AvgIpc) is 3.20. The molecule has 0 radical (unpaired) electrons. The summed E-state index contributed by atoms with van der Waals surface area (Å²) in [5, 5.41) is 10.4. The van der Waals surface area contributed by atoms with Crippen molar-refractivity contribution in [2.75, 3.05) is 11.5 Å². The Morgan fingerprint density at radius 1 is 1.19 bits per heavy atom. The van der Waals surface area contributed by atoms with Gasteiger partial charge in [0, 0.05) is 23.9 Å². The molecular formula is C22H16F2N2O5S. The van der Waals surface area contributed by atoms with Crippen LogP contribution in [0.1, 0.15) is 23.0 Å². The van der Waals surface area contributed by atoms with Gasteiger partial charge in [0.1, 0.15) is 17.4 Å². The molecule has 3 aromatic rings. The molecule has 0 aliphatic heterocycles. The molecule has 1 heterocycles. The molecule has 0 bridgehead atoms. The van der Waals surface area contributed by atoms with Crippen molar-refractivity contribution >= 4 is 45.9 Å². The second kappa shape index (κ2) is 9.92. The SMILES string of the molecule is CC(=O)N(c1nc(/C=C/C(=O)c2cccc(OCC(=O)O)c2)cs1)c1ccc(F)cc1F. The van der Waals surface area contributed by atoms with E-state index in [1.165, 1.54) is 31.2 Å². The Kier molecular flexibility index (Phi) is 7.06. The molecule has 0 saturated carbocycles. The van der Waals surface area contributed by atoms with Crippen LogP contribution in [0.3, 0.4) is 0 Å². The van der Waals surface area contributed by atoms with Gasteiger partial charge < -0.3 is 9.84 Å². The zero-order valence-electron chi connectivity index (χ0n) is 16.6. The maximum absolute atomic E-state index is 14.2. The number of halogens is 2. The van der Waals surface area contributed by atoms with E-state index in [0.717, 1.165) is 28.4 Å². The minimum Gasteiger partial charge on any atom is -0.482 e. The van der Waals surface area contributed by atoms with Crippen molar-refractivity contribution in [3.05, 3.63) is 76.8 Å². The second-order valence-electron chi connectivity index (χ2n) is 6.41. The molecule has 0 unspecified atom stereocenters. The van der Waals surface area contributed by atoms with Gasteiger partial charge in [-0.3, -0.25) is 14.5 Å². The molecule has 0 atom stereocenters. The summed E-state index contributed by atoms with van der Waals surface area (Å²) in [6.07, 6.45) is 2.68. The van der Waals surface area contributed by atoms with Crippen molar-refractivity contribution in [2.45, 2.75) is 6.92 Å². The first-order valence-electron chi connectivity index (χ1n) is 9.13. The number of ether oxygens (including phenoxy) is 1. The number of benzene rings is 2. The summed E-state index contributed by atoms with van der Waals surface area (Å²) in [5.41, 5.74) is 0.488. The number of carbonyl (C=O) groups is 3. The number of carbonyl (C=O) groups excluding carboxylic acids is 2. The number of amides is 1. The van der Waals surface area contributed by atoms with Crippen LogP contribution in [0.5, 0.6) is 5.75 Å². The lowest BCUT2D eigenvalue weighted by Crippen LogP contribution is -2.23. The third-order valence-electron chi connectivity index (χ3n) is 4.05. The number of carboxylic acid groups (broad SMARTS) is 1. The molecule has 7 nitrogen and oxygen atoms in total. The first-order chi connectivity index (χ1) is 15.2. The number of aliphatic carboxylic acids is 1. The summed E-state index contributed by atoms with van der Waals surface area (Å²) < 4.78 is 32.4. The van der Waals surface area contributed by atoms with E-state index in [1.807, 2.05) is 0 Å².